The Morgan fingerprint density at radius 3 is 0.783 bits per heavy atom. The van der Waals surface area contributed by atoms with E-state index in [0.717, 1.165) is 116 Å². The number of hydrogen-bond donors (Lipinski definition) is 0. The van der Waals surface area contributed by atoms with Crippen molar-refractivity contribution in [2.45, 2.75) is 309 Å². The van der Waals surface area contributed by atoms with E-state index in [1.54, 1.807) is 0 Å². The van der Waals surface area contributed by atoms with Crippen LogP contribution in [0.3, 0.4) is 0 Å². The van der Waals surface area contributed by atoms with E-state index in [1.807, 2.05) is 6.08 Å². The van der Waals surface area contributed by atoms with E-state index in [4.69, 9.17) is 14.2 Å². The summed E-state index contributed by atoms with van der Waals surface area (Å²) >= 11 is 0. The molecular weight excluding hydrogens is 1020 g/mol. The van der Waals surface area contributed by atoms with Crippen LogP contribution in [0.15, 0.2) is 146 Å². The van der Waals surface area contributed by atoms with Gasteiger partial charge in [0.2, 0.25) is 0 Å². The molecule has 6 heteroatoms. The summed E-state index contributed by atoms with van der Waals surface area (Å²) in [4.78, 5) is 38.4. The Kier molecular flexibility index (Phi) is 65.8. The smallest absolute Gasteiger partial charge is 0.306 e. The third-order valence-electron chi connectivity index (χ3n) is 14.3. The highest BCUT2D eigenvalue weighted by atomic mass is 16.6. The molecule has 0 amide bonds. The Bertz CT molecular complexity index is 1800. The number of hydrogen-bond acceptors (Lipinski definition) is 6. The summed E-state index contributed by atoms with van der Waals surface area (Å²) in [5.41, 5.74) is 0. The molecule has 470 valence electrons. The first-order valence-electron chi connectivity index (χ1n) is 34.3. The van der Waals surface area contributed by atoms with Crippen molar-refractivity contribution in [2.24, 2.45) is 0 Å². The molecule has 0 aliphatic rings. The molecule has 0 rings (SSSR count). The average Bonchev–Trinajstić information content (AvgIpc) is 3.49. The molecule has 0 aromatic heterocycles. The summed E-state index contributed by atoms with van der Waals surface area (Å²) < 4.78 is 16.9. The molecule has 0 N–H and O–H groups in total. The zero-order chi connectivity index (χ0) is 59.9. The molecule has 0 bridgehead atoms. The van der Waals surface area contributed by atoms with E-state index in [0.29, 0.717) is 19.3 Å². The first-order valence-corrected chi connectivity index (χ1v) is 34.3. The van der Waals surface area contributed by atoms with Crippen LogP contribution >= 0.6 is 0 Å². The van der Waals surface area contributed by atoms with Gasteiger partial charge in [0.15, 0.2) is 6.10 Å². The second-order valence-corrected chi connectivity index (χ2v) is 22.3. The lowest BCUT2D eigenvalue weighted by atomic mass is 10.0. The average molecular weight is 1150 g/mol. The van der Waals surface area contributed by atoms with Crippen LogP contribution in [-0.2, 0) is 28.6 Å². The number of esters is 3. The number of rotatable bonds is 61. The van der Waals surface area contributed by atoms with Crippen LogP contribution in [0.5, 0.6) is 0 Å². The molecular formula is C77H126O6. The second kappa shape index (κ2) is 69.8. The van der Waals surface area contributed by atoms with E-state index in [1.165, 1.54) is 141 Å². The summed E-state index contributed by atoms with van der Waals surface area (Å²) in [6, 6.07) is 0. The largest absolute Gasteiger partial charge is 0.462 e. The SMILES string of the molecule is CC/C=C\C/C=C\C/C=C\C/C=C\C/C=C\C/C=C\CCC(=O)OC(COC(=O)CCCCCCCCC/C=C\C/C=C\CCCCC)COC(=O)CCCCCCCCCCCCCCCCCC/C=C\C/C=C\C/C=C\C/C=C\CC. The maximum atomic E-state index is 12.9. The number of carbonyl (C=O) groups excluding carboxylic acids is 3. The molecule has 0 aliphatic carbocycles. The first kappa shape index (κ1) is 78.3. The lowest BCUT2D eigenvalue weighted by molar-refractivity contribution is -0.166. The number of unbranched alkanes of at least 4 members (excludes halogenated alkanes) is 26. The highest BCUT2D eigenvalue weighted by Crippen LogP contribution is 2.16. The van der Waals surface area contributed by atoms with Gasteiger partial charge in [0, 0.05) is 19.3 Å². The van der Waals surface area contributed by atoms with Crippen molar-refractivity contribution >= 4 is 17.9 Å². The summed E-state index contributed by atoms with van der Waals surface area (Å²) in [6.07, 6.45) is 100. The van der Waals surface area contributed by atoms with Gasteiger partial charge in [-0.2, -0.15) is 0 Å². The summed E-state index contributed by atoms with van der Waals surface area (Å²) in [7, 11) is 0. The van der Waals surface area contributed by atoms with Crippen molar-refractivity contribution in [3.05, 3.63) is 146 Å². The van der Waals surface area contributed by atoms with Crippen LogP contribution in [0.2, 0.25) is 0 Å². The van der Waals surface area contributed by atoms with Crippen LogP contribution in [-0.4, -0.2) is 37.2 Å². The van der Waals surface area contributed by atoms with Gasteiger partial charge in [0.1, 0.15) is 13.2 Å². The molecule has 0 radical (unpaired) electrons. The zero-order valence-corrected chi connectivity index (χ0v) is 53.9. The van der Waals surface area contributed by atoms with Crippen molar-refractivity contribution in [1.29, 1.82) is 0 Å². The Morgan fingerprint density at radius 2 is 0.494 bits per heavy atom. The first-order chi connectivity index (χ1) is 41.0. The molecule has 0 heterocycles. The molecule has 0 spiro atoms. The van der Waals surface area contributed by atoms with E-state index in [-0.39, 0.29) is 31.6 Å². The van der Waals surface area contributed by atoms with Gasteiger partial charge in [-0.3, -0.25) is 14.4 Å². The third-order valence-corrected chi connectivity index (χ3v) is 14.3. The van der Waals surface area contributed by atoms with E-state index in [2.05, 4.69) is 161 Å². The van der Waals surface area contributed by atoms with Gasteiger partial charge in [-0.15, -0.1) is 0 Å². The monoisotopic (exact) mass is 1150 g/mol. The van der Waals surface area contributed by atoms with Crippen LogP contribution in [0.4, 0.5) is 0 Å². The lowest BCUT2D eigenvalue weighted by Crippen LogP contribution is -2.30. The fourth-order valence-corrected chi connectivity index (χ4v) is 9.26. The van der Waals surface area contributed by atoms with Gasteiger partial charge < -0.3 is 14.2 Å². The van der Waals surface area contributed by atoms with Crippen molar-refractivity contribution in [3.63, 3.8) is 0 Å². The van der Waals surface area contributed by atoms with Gasteiger partial charge in [0.25, 0.3) is 0 Å². The van der Waals surface area contributed by atoms with E-state index < -0.39 is 12.1 Å². The van der Waals surface area contributed by atoms with Crippen LogP contribution in [0.1, 0.15) is 303 Å². The predicted octanol–water partition coefficient (Wildman–Crippen LogP) is 23.9. The Hall–Kier alpha value is -4.71. The summed E-state index contributed by atoms with van der Waals surface area (Å²) in [5.74, 6) is -1.00. The molecule has 0 aromatic rings. The molecule has 0 saturated heterocycles. The molecule has 0 aliphatic heterocycles. The van der Waals surface area contributed by atoms with E-state index >= 15 is 0 Å². The fraction of sp³-hybridized carbons (Fsp3) is 0.649. The molecule has 0 aromatic carbocycles. The highest BCUT2D eigenvalue weighted by Gasteiger charge is 2.19. The normalized spacial score (nSPS) is 13.0. The number of ether oxygens (including phenoxy) is 3. The molecule has 1 atom stereocenters. The van der Waals surface area contributed by atoms with Crippen molar-refractivity contribution in [1.82, 2.24) is 0 Å². The van der Waals surface area contributed by atoms with Gasteiger partial charge >= 0.3 is 17.9 Å². The van der Waals surface area contributed by atoms with E-state index in [9.17, 15) is 14.4 Å². The molecule has 83 heavy (non-hydrogen) atoms. The third kappa shape index (κ3) is 68.0. The standard InChI is InChI=1S/C77H126O6/c1-4-7-10-13-16-19-22-25-28-31-33-34-35-36-37-38-39-40-41-42-44-46-49-52-55-58-61-64-67-70-76(79)82-73-74(72-81-75(78)69-66-63-60-57-54-51-48-45-30-27-24-21-18-15-12-9-6-3)83-77(80)71-68-65-62-59-56-53-50-47-43-32-29-26-23-20-17-14-11-8-5-2/h7-8,10-11,16-21,25-30,33-34,43,47,53,56,62,65,74H,4-6,9,12-15,22-24,31-32,35-42,44-46,48-52,54-55,57-61,63-64,66-73H2,1-3H3/b10-7-,11-8-,19-16-,20-17-,21-18-,28-25-,29-26-,30-27-,34-33-,47-43-,56-53-,65-62-. The Labute approximate surface area is 512 Å². The second-order valence-electron chi connectivity index (χ2n) is 22.3. The van der Waals surface area contributed by atoms with Crippen LogP contribution < -0.4 is 0 Å². The van der Waals surface area contributed by atoms with Gasteiger partial charge in [-0.25, -0.2) is 0 Å². The molecule has 0 saturated carbocycles. The lowest BCUT2D eigenvalue weighted by Gasteiger charge is -2.18. The molecule has 6 nitrogen and oxygen atoms in total. The minimum atomic E-state index is -0.828. The fourth-order valence-electron chi connectivity index (χ4n) is 9.26. The number of carbonyl (C=O) groups is 3. The van der Waals surface area contributed by atoms with Crippen molar-refractivity contribution in [3.8, 4) is 0 Å². The predicted molar refractivity (Wildman–Crippen MR) is 362 cm³/mol. The zero-order valence-electron chi connectivity index (χ0n) is 53.9. The maximum Gasteiger partial charge on any atom is 0.306 e. The Balaban J connectivity index is 4.39. The minimum absolute atomic E-state index is 0.114. The topological polar surface area (TPSA) is 78.9 Å². The Morgan fingerprint density at radius 1 is 0.253 bits per heavy atom. The number of allylic oxidation sites excluding steroid dienone is 24. The minimum Gasteiger partial charge on any atom is -0.462 e. The van der Waals surface area contributed by atoms with Gasteiger partial charge in [-0.1, -0.05) is 301 Å². The maximum absolute atomic E-state index is 12.9. The van der Waals surface area contributed by atoms with Crippen LogP contribution in [0, 0.1) is 0 Å². The summed E-state index contributed by atoms with van der Waals surface area (Å²) in [5, 5.41) is 0. The summed E-state index contributed by atoms with van der Waals surface area (Å²) in [6.45, 7) is 6.34. The van der Waals surface area contributed by atoms with Gasteiger partial charge in [0.05, 0.1) is 0 Å². The quantitative estimate of drug-likeness (QED) is 0.0261. The highest BCUT2D eigenvalue weighted by molar-refractivity contribution is 5.71. The van der Waals surface area contributed by atoms with Crippen molar-refractivity contribution in [2.75, 3.05) is 13.2 Å². The van der Waals surface area contributed by atoms with Crippen LogP contribution in [0.25, 0.3) is 0 Å². The molecule has 1 unspecified atom stereocenters. The van der Waals surface area contributed by atoms with Crippen molar-refractivity contribution < 1.29 is 28.6 Å². The van der Waals surface area contributed by atoms with Gasteiger partial charge in [-0.05, 0) is 128 Å². The molecule has 0 fully saturated rings.